The number of halogens is 1. The summed E-state index contributed by atoms with van der Waals surface area (Å²) in [6, 6.07) is 4.50. The molecule has 0 bridgehead atoms. The number of hydrogen-bond acceptors (Lipinski definition) is 3. The maximum atomic E-state index is 11.7. The van der Waals surface area contributed by atoms with Crippen molar-refractivity contribution in [1.82, 2.24) is 4.90 Å². The summed E-state index contributed by atoms with van der Waals surface area (Å²) >= 11 is 3.22. The van der Waals surface area contributed by atoms with Crippen LogP contribution in [0, 0.1) is 0 Å². The van der Waals surface area contributed by atoms with Gasteiger partial charge in [0.15, 0.2) is 6.61 Å². The normalized spacial score (nSPS) is 10.4. The number of likely N-dealkylation sites (N-methyl/N-ethyl adjacent to an activating group) is 1. The van der Waals surface area contributed by atoms with Crippen molar-refractivity contribution in [2.24, 2.45) is 0 Å². The minimum atomic E-state index is -1.01. The highest BCUT2D eigenvalue weighted by Crippen LogP contribution is 2.26. The molecule has 5 nitrogen and oxygen atoms in total. The standard InChI is InChI=1S/C13H16BrNO4/c1-8(2)15(3)12(16)7-19-11-5-4-9(13(17)18)6-10(11)14/h4-6,8H,7H2,1-3H3,(H,17,18). The molecule has 0 radical (unpaired) electrons. The molecule has 0 unspecified atom stereocenters. The fourth-order valence-electron chi connectivity index (χ4n) is 1.28. The number of carbonyl (C=O) groups excluding carboxylic acids is 1. The summed E-state index contributed by atoms with van der Waals surface area (Å²) in [5.41, 5.74) is 0.157. The van der Waals surface area contributed by atoms with Crippen molar-refractivity contribution >= 4 is 27.8 Å². The number of ether oxygens (including phenoxy) is 1. The Morgan fingerprint density at radius 3 is 2.53 bits per heavy atom. The number of nitrogens with zero attached hydrogens (tertiary/aromatic N) is 1. The fraction of sp³-hybridized carbons (Fsp3) is 0.385. The third-order valence-electron chi connectivity index (χ3n) is 2.70. The molecule has 0 aromatic heterocycles. The van der Waals surface area contributed by atoms with Crippen LogP contribution in [-0.2, 0) is 4.79 Å². The first kappa shape index (κ1) is 15.5. The Morgan fingerprint density at radius 2 is 2.05 bits per heavy atom. The van der Waals surface area contributed by atoms with Gasteiger partial charge < -0.3 is 14.7 Å². The van der Waals surface area contributed by atoms with Gasteiger partial charge in [0.05, 0.1) is 10.0 Å². The van der Waals surface area contributed by atoms with Crippen LogP contribution in [0.15, 0.2) is 22.7 Å². The monoisotopic (exact) mass is 329 g/mol. The van der Waals surface area contributed by atoms with Gasteiger partial charge >= 0.3 is 5.97 Å². The van der Waals surface area contributed by atoms with Gasteiger partial charge in [-0.2, -0.15) is 0 Å². The number of aromatic carboxylic acids is 1. The van der Waals surface area contributed by atoms with Crippen LogP contribution in [0.1, 0.15) is 24.2 Å². The van der Waals surface area contributed by atoms with Gasteiger partial charge in [-0.25, -0.2) is 4.79 Å². The Morgan fingerprint density at radius 1 is 1.42 bits per heavy atom. The van der Waals surface area contributed by atoms with E-state index in [1.165, 1.54) is 18.2 Å². The Hall–Kier alpha value is -1.56. The molecule has 0 aliphatic carbocycles. The predicted octanol–water partition coefficient (Wildman–Crippen LogP) is 2.39. The van der Waals surface area contributed by atoms with Crippen LogP contribution in [0.5, 0.6) is 5.75 Å². The molecular weight excluding hydrogens is 314 g/mol. The van der Waals surface area contributed by atoms with Crippen LogP contribution in [0.2, 0.25) is 0 Å². The summed E-state index contributed by atoms with van der Waals surface area (Å²) in [7, 11) is 1.71. The summed E-state index contributed by atoms with van der Waals surface area (Å²) < 4.78 is 5.88. The second kappa shape index (κ2) is 6.56. The first-order valence-electron chi connectivity index (χ1n) is 5.74. The minimum absolute atomic E-state index is 0.0836. The van der Waals surface area contributed by atoms with Crippen molar-refractivity contribution in [3.63, 3.8) is 0 Å². The molecule has 0 spiro atoms. The van der Waals surface area contributed by atoms with Crippen molar-refractivity contribution in [3.8, 4) is 5.75 Å². The molecule has 0 aliphatic heterocycles. The molecule has 0 saturated carbocycles. The topological polar surface area (TPSA) is 66.8 Å². The zero-order valence-corrected chi connectivity index (χ0v) is 12.6. The molecule has 0 fully saturated rings. The summed E-state index contributed by atoms with van der Waals surface area (Å²) in [4.78, 5) is 24.1. The average molecular weight is 330 g/mol. The lowest BCUT2D eigenvalue weighted by Gasteiger charge is -2.21. The Balaban J connectivity index is 2.69. The van der Waals surface area contributed by atoms with E-state index in [0.717, 1.165) is 0 Å². The van der Waals surface area contributed by atoms with Crippen LogP contribution in [-0.4, -0.2) is 41.6 Å². The van der Waals surface area contributed by atoms with E-state index in [1.54, 1.807) is 11.9 Å². The molecule has 1 amide bonds. The maximum absolute atomic E-state index is 11.7. The van der Waals surface area contributed by atoms with E-state index in [-0.39, 0.29) is 24.1 Å². The van der Waals surface area contributed by atoms with E-state index >= 15 is 0 Å². The molecular formula is C13H16BrNO4. The largest absolute Gasteiger partial charge is 0.483 e. The second-order valence-electron chi connectivity index (χ2n) is 4.34. The molecule has 1 rings (SSSR count). The van der Waals surface area contributed by atoms with Gasteiger partial charge in [-0.1, -0.05) is 0 Å². The van der Waals surface area contributed by atoms with Crippen LogP contribution in [0.4, 0.5) is 0 Å². The quantitative estimate of drug-likeness (QED) is 0.900. The highest BCUT2D eigenvalue weighted by Gasteiger charge is 2.14. The van der Waals surface area contributed by atoms with Crippen molar-refractivity contribution in [3.05, 3.63) is 28.2 Å². The third kappa shape index (κ3) is 4.24. The molecule has 0 atom stereocenters. The molecule has 1 aromatic rings. The summed E-state index contributed by atoms with van der Waals surface area (Å²) in [5.74, 6) is -0.706. The zero-order chi connectivity index (χ0) is 14.6. The molecule has 6 heteroatoms. The predicted molar refractivity (Wildman–Crippen MR) is 74.5 cm³/mol. The van der Waals surface area contributed by atoms with Gasteiger partial charge in [0.2, 0.25) is 0 Å². The molecule has 104 valence electrons. The summed E-state index contributed by atoms with van der Waals surface area (Å²) in [6.45, 7) is 3.74. The van der Waals surface area contributed by atoms with E-state index in [9.17, 15) is 9.59 Å². The van der Waals surface area contributed by atoms with Crippen LogP contribution < -0.4 is 4.74 Å². The minimum Gasteiger partial charge on any atom is -0.483 e. The number of amides is 1. The Labute approximate surface area is 120 Å². The highest BCUT2D eigenvalue weighted by molar-refractivity contribution is 9.10. The van der Waals surface area contributed by atoms with Crippen LogP contribution in [0.25, 0.3) is 0 Å². The molecule has 19 heavy (non-hydrogen) atoms. The number of carboxylic acids is 1. The van der Waals surface area contributed by atoms with Gasteiger partial charge in [-0.15, -0.1) is 0 Å². The second-order valence-corrected chi connectivity index (χ2v) is 5.19. The number of carboxylic acid groups (broad SMARTS) is 1. The van der Waals surface area contributed by atoms with Gasteiger partial charge in [-0.05, 0) is 48.0 Å². The first-order chi connectivity index (χ1) is 8.82. The number of hydrogen-bond donors (Lipinski definition) is 1. The maximum Gasteiger partial charge on any atom is 0.335 e. The van der Waals surface area contributed by atoms with E-state index in [2.05, 4.69) is 15.9 Å². The lowest BCUT2D eigenvalue weighted by Crippen LogP contribution is -2.36. The molecule has 0 saturated heterocycles. The highest BCUT2D eigenvalue weighted by atomic mass is 79.9. The molecule has 0 aliphatic rings. The Bertz CT molecular complexity index is 488. The van der Waals surface area contributed by atoms with E-state index in [1.807, 2.05) is 13.8 Å². The van der Waals surface area contributed by atoms with Gasteiger partial charge in [-0.3, -0.25) is 4.79 Å². The van der Waals surface area contributed by atoms with E-state index in [4.69, 9.17) is 9.84 Å². The third-order valence-corrected chi connectivity index (χ3v) is 3.32. The van der Waals surface area contributed by atoms with Crippen LogP contribution in [0.3, 0.4) is 0 Å². The lowest BCUT2D eigenvalue weighted by molar-refractivity contribution is -0.133. The number of carbonyl (C=O) groups is 2. The van der Waals surface area contributed by atoms with Crippen molar-refractivity contribution in [1.29, 1.82) is 0 Å². The van der Waals surface area contributed by atoms with Gasteiger partial charge in [0, 0.05) is 13.1 Å². The number of rotatable bonds is 5. The molecule has 1 aromatic carbocycles. The first-order valence-corrected chi connectivity index (χ1v) is 6.53. The van der Waals surface area contributed by atoms with Crippen molar-refractivity contribution < 1.29 is 19.4 Å². The molecule has 0 heterocycles. The number of benzene rings is 1. The average Bonchev–Trinajstić information content (AvgIpc) is 2.35. The van der Waals surface area contributed by atoms with E-state index < -0.39 is 5.97 Å². The summed E-state index contributed by atoms with van der Waals surface area (Å²) in [6.07, 6.45) is 0. The van der Waals surface area contributed by atoms with Gasteiger partial charge in [0.25, 0.3) is 5.91 Å². The molecule has 1 N–H and O–H groups in total. The van der Waals surface area contributed by atoms with E-state index in [0.29, 0.717) is 10.2 Å². The van der Waals surface area contributed by atoms with Crippen molar-refractivity contribution in [2.75, 3.05) is 13.7 Å². The van der Waals surface area contributed by atoms with Crippen LogP contribution >= 0.6 is 15.9 Å². The fourth-order valence-corrected chi connectivity index (χ4v) is 1.77. The van der Waals surface area contributed by atoms with Gasteiger partial charge in [0.1, 0.15) is 5.75 Å². The Kier molecular flexibility index (Phi) is 5.35. The van der Waals surface area contributed by atoms with Crippen molar-refractivity contribution in [2.45, 2.75) is 19.9 Å². The summed E-state index contributed by atoms with van der Waals surface area (Å²) in [5, 5.41) is 8.83. The smallest absolute Gasteiger partial charge is 0.335 e. The zero-order valence-electron chi connectivity index (χ0n) is 11.0. The lowest BCUT2D eigenvalue weighted by atomic mass is 10.2. The SMILES string of the molecule is CC(C)N(C)C(=O)COc1ccc(C(=O)O)cc1Br.